The first-order valence-corrected chi connectivity index (χ1v) is 15.7. The predicted molar refractivity (Wildman–Crippen MR) is 170 cm³/mol. The highest BCUT2D eigenvalue weighted by Gasteiger charge is 2.34. The normalized spacial score (nSPS) is 20.1. The Balaban J connectivity index is 1.48. The van der Waals surface area contributed by atoms with Crippen LogP contribution in [0.1, 0.15) is 74.0 Å². The maximum atomic E-state index is 13.5. The summed E-state index contributed by atoms with van der Waals surface area (Å²) in [6.45, 7) is 2.81. The van der Waals surface area contributed by atoms with E-state index in [1.807, 2.05) is 19.1 Å². The van der Waals surface area contributed by atoms with Gasteiger partial charge in [0.05, 0.1) is 7.11 Å². The van der Waals surface area contributed by atoms with Crippen LogP contribution < -0.4 is 14.8 Å². The Hall–Kier alpha value is -4.40. The van der Waals surface area contributed by atoms with E-state index in [0.29, 0.717) is 12.3 Å². The Morgan fingerprint density at radius 1 is 0.956 bits per heavy atom. The van der Waals surface area contributed by atoms with Gasteiger partial charge in [0.2, 0.25) is 6.79 Å². The number of amides is 1. The van der Waals surface area contributed by atoms with Gasteiger partial charge in [-0.3, -0.25) is 9.59 Å². The number of hydrogen-bond acceptors (Lipinski definition) is 8. The summed E-state index contributed by atoms with van der Waals surface area (Å²) in [5.74, 6) is -0.796. The number of aromatic nitrogens is 1. The lowest BCUT2D eigenvalue weighted by molar-refractivity contribution is -0.154. The van der Waals surface area contributed by atoms with Gasteiger partial charge >= 0.3 is 11.9 Å². The van der Waals surface area contributed by atoms with Crippen molar-refractivity contribution in [1.29, 1.82) is 0 Å². The van der Waals surface area contributed by atoms with Gasteiger partial charge in [0.25, 0.3) is 5.91 Å². The fourth-order valence-electron chi connectivity index (χ4n) is 6.09. The second-order valence-corrected chi connectivity index (χ2v) is 11.5. The standard InChI is InChI=1S/C36H44N2O7/c1-25-30(21-20-28-14-8-5-9-15-28)29(17-10-16-27-12-6-4-7-13-27)18-11-19-31(36(41)45-25)38-35(40)33-34(44-24-43-26(2)39)32(42-3)22-23-37-33/h4-9,12-15,22-23,25,29-31H,10-11,16-21,24H2,1-3H3,(H,38,40)/t25-,29-,30-,31-/m0/s1. The molecule has 4 atom stereocenters. The Morgan fingerprint density at radius 3 is 2.31 bits per heavy atom. The number of aryl methyl sites for hydroxylation is 2. The lowest BCUT2D eigenvalue weighted by atomic mass is 9.78. The summed E-state index contributed by atoms with van der Waals surface area (Å²) in [4.78, 5) is 42.4. The number of pyridine rings is 1. The summed E-state index contributed by atoms with van der Waals surface area (Å²) in [5.41, 5.74) is 2.51. The summed E-state index contributed by atoms with van der Waals surface area (Å²) < 4.78 is 21.8. The molecular formula is C36H44N2O7. The molecule has 1 N–H and O–H groups in total. The predicted octanol–water partition coefficient (Wildman–Crippen LogP) is 6.09. The first kappa shape index (κ1) is 33.5. The van der Waals surface area contributed by atoms with E-state index in [9.17, 15) is 14.4 Å². The molecule has 1 saturated heterocycles. The van der Waals surface area contributed by atoms with Crippen molar-refractivity contribution in [2.75, 3.05) is 13.9 Å². The van der Waals surface area contributed by atoms with E-state index in [2.05, 4.69) is 58.8 Å². The van der Waals surface area contributed by atoms with E-state index in [1.165, 1.54) is 37.4 Å². The van der Waals surface area contributed by atoms with Crippen LogP contribution in [0.2, 0.25) is 0 Å². The van der Waals surface area contributed by atoms with Gasteiger partial charge < -0.3 is 24.3 Å². The van der Waals surface area contributed by atoms with Crippen molar-refractivity contribution in [2.45, 2.75) is 77.4 Å². The van der Waals surface area contributed by atoms with Gasteiger partial charge in [0.15, 0.2) is 17.2 Å². The third-order valence-corrected chi connectivity index (χ3v) is 8.43. The maximum Gasteiger partial charge on any atom is 0.328 e. The number of esters is 2. The number of cyclic esters (lactones) is 1. The molecule has 1 aromatic heterocycles. The van der Waals surface area contributed by atoms with Gasteiger partial charge in [-0.15, -0.1) is 0 Å². The molecule has 9 heteroatoms. The lowest BCUT2D eigenvalue weighted by Crippen LogP contribution is -2.43. The Bertz CT molecular complexity index is 1380. The van der Waals surface area contributed by atoms with Crippen LogP contribution in [0.4, 0.5) is 0 Å². The largest absolute Gasteiger partial charge is 0.493 e. The summed E-state index contributed by atoms with van der Waals surface area (Å²) in [5, 5.41) is 2.82. The fourth-order valence-corrected chi connectivity index (χ4v) is 6.09. The first-order valence-electron chi connectivity index (χ1n) is 15.7. The molecule has 1 fully saturated rings. The minimum Gasteiger partial charge on any atom is -0.493 e. The lowest BCUT2D eigenvalue weighted by Gasteiger charge is -2.31. The molecule has 4 rings (SSSR count). The number of ether oxygens (including phenoxy) is 4. The summed E-state index contributed by atoms with van der Waals surface area (Å²) >= 11 is 0. The number of benzene rings is 2. The highest BCUT2D eigenvalue weighted by Crippen LogP contribution is 2.34. The van der Waals surface area contributed by atoms with Crippen LogP contribution in [-0.2, 0) is 31.9 Å². The topological polar surface area (TPSA) is 113 Å². The van der Waals surface area contributed by atoms with Gasteiger partial charge in [-0.1, -0.05) is 67.1 Å². The minimum atomic E-state index is -0.855. The van der Waals surface area contributed by atoms with Gasteiger partial charge in [0, 0.05) is 19.2 Å². The number of hydrogen-bond donors (Lipinski definition) is 1. The van der Waals surface area contributed by atoms with Crippen LogP contribution in [-0.4, -0.2) is 48.9 Å². The number of nitrogens with one attached hydrogen (secondary N) is 1. The third kappa shape index (κ3) is 10.1. The average Bonchev–Trinajstić information content (AvgIpc) is 3.09. The van der Waals surface area contributed by atoms with Crippen LogP contribution in [0.25, 0.3) is 0 Å². The molecule has 2 aromatic carbocycles. The zero-order chi connectivity index (χ0) is 32.0. The van der Waals surface area contributed by atoms with Crippen LogP contribution in [0.3, 0.4) is 0 Å². The number of carbonyl (C=O) groups is 3. The molecule has 1 amide bonds. The third-order valence-electron chi connectivity index (χ3n) is 8.43. The number of carbonyl (C=O) groups excluding carboxylic acids is 3. The average molecular weight is 617 g/mol. The van der Waals surface area contributed by atoms with E-state index >= 15 is 0 Å². The second kappa shape index (κ2) is 17.2. The van der Waals surface area contributed by atoms with Gasteiger partial charge in [-0.05, 0) is 74.8 Å². The summed E-state index contributed by atoms with van der Waals surface area (Å²) in [6, 6.07) is 21.6. The molecule has 240 valence electrons. The van der Waals surface area contributed by atoms with Crippen molar-refractivity contribution in [3.8, 4) is 11.5 Å². The van der Waals surface area contributed by atoms with Crippen LogP contribution in [0, 0.1) is 11.8 Å². The smallest absolute Gasteiger partial charge is 0.328 e. The van der Waals surface area contributed by atoms with Crippen molar-refractivity contribution in [3.05, 3.63) is 89.7 Å². The van der Waals surface area contributed by atoms with Crippen LogP contribution in [0.15, 0.2) is 72.9 Å². The summed E-state index contributed by atoms with van der Waals surface area (Å²) in [7, 11) is 1.43. The SMILES string of the molecule is COc1ccnc(C(=O)N[C@H]2CCC[C@H](CCCc3ccccc3)[C@@H](CCc3ccccc3)[C@H](C)OC2=O)c1OCOC(C)=O. The number of rotatable bonds is 13. The molecule has 0 saturated carbocycles. The van der Waals surface area contributed by atoms with E-state index in [-0.39, 0.29) is 29.2 Å². The minimum absolute atomic E-state index is 0.0167. The molecule has 3 aromatic rings. The van der Waals surface area contributed by atoms with Crippen LogP contribution >= 0.6 is 0 Å². The van der Waals surface area contributed by atoms with E-state index < -0.39 is 30.7 Å². The molecule has 1 aliphatic rings. The number of nitrogens with zero attached hydrogens (tertiary/aromatic N) is 1. The van der Waals surface area contributed by atoms with Gasteiger partial charge in [-0.25, -0.2) is 9.78 Å². The molecule has 9 nitrogen and oxygen atoms in total. The molecule has 0 unspecified atom stereocenters. The van der Waals surface area contributed by atoms with Crippen molar-refractivity contribution in [1.82, 2.24) is 10.3 Å². The van der Waals surface area contributed by atoms with Gasteiger partial charge in [0.1, 0.15) is 12.1 Å². The quantitative estimate of drug-likeness (QED) is 0.181. The van der Waals surface area contributed by atoms with Gasteiger partial charge in [-0.2, -0.15) is 0 Å². The molecule has 0 bridgehead atoms. The maximum absolute atomic E-state index is 13.5. The van der Waals surface area contributed by atoms with E-state index in [1.54, 1.807) is 0 Å². The van der Waals surface area contributed by atoms with Crippen molar-refractivity contribution >= 4 is 17.8 Å². The zero-order valence-electron chi connectivity index (χ0n) is 26.4. The van der Waals surface area contributed by atoms with E-state index in [0.717, 1.165) is 44.9 Å². The molecule has 0 radical (unpaired) electrons. The monoisotopic (exact) mass is 616 g/mol. The van der Waals surface area contributed by atoms with Crippen molar-refractivity contribution < 1.29 is 33.3 Å². The van der Waals surface area contributed by atoms with Crippen molar-refractivity contribution in [2.24, 2.45) is 11.8 Å². The molecule has 2 heterocycles. The Kier molecular flexibility index (Phi) is 12.8. The molecular weight excluding hydrogens is 572 g/mol. The molecule has 45 heavy (non-hydrogen) atoms. The number of methoxy groups -OCH3 is 1. The molecule has 1 aliphatic heterocycles. The molecule has 0 spiro atoms. The zero-order valence-corrected chi connectivity index (χ0v) is 26.4. The van der Waals surface area contributed by atoms with E-state index in [4.69, 9.17) is 18.9 Å². The Morgan fingerprint density at radius 2 is 1.64 bits per heavy atom. The fraction of sp³-hybridized carbons (Fsp3) is 0.444. The highest BCUT2D eigenvalue weighted by molar-refractivity contribution is 5.98. The molecule has 0 aliphatic carbocycles. The Labute approximate surface area is 265 Å². The second-order valence-electron chi connectivity index (χ2n) is 11.5. The summed E-state index contributed by atoms with van der Waals surface area (Å²) in [6.07, 6.45) is 8.10. The highest BCUT2D eigenvalue weighted by atomic mass is 16.7. The first-order chi connectivity index (χ1) is 21.9. The van der Waals surface area contributed by atoms with Crippen LogP contribution in [0.5, 0.6) is 11.5 Å². The van der Waals surface area contributed by atoms with Crippen molar-refractivity contribution in [3.63, 3.8) is 0 Å².